The highest BCUT2D eigenvalue weighted by Crippen LogP contribution is 2.26. The van der Waals surface area contributed by atoms with Crippen LogP contribution in [0, 0.1) is 5.82 Å². The van der Waals surface area contributed by atoms with Gasteiger partial charge in [-0.2, -0.15) is 0 Å². The van der Waals surface area contributed by atoms with Crippen molar-refractivity contribution in [3.63, 3.8) is 0 Å². The lowest BCUT2D eigenvalue weighted by Crippen LogP contribution is -2.48. The molecule has 1 aromatic heterocycles. The second-order valence-corrected chi connectivity index (χ2v) is 6.67. The van der Waals surface area contributed by atoms with Gasteiger partial charge in [-0.15, -0.1) is 35.0 Å². The Morgan fingerprint density at radius 1 is 1.25 bits per heavy atom. The predicted molar refractivity (Wildman–Crippen MR) is 109 cm³/mol. The molecular formula is C18H24Cl2FN5O2. The number of nitrogens with one attached hydrogen (secondary N) is 2. The van der Waals surface area contributed by atoms with Crippen LogP contribution in [0.3, 0.4) is 0 Å². The third-order valence-electron chi connectivity index (χ3n) is 4.83. The van der Waals surface area contributed by atoms with Gasteiger partial charge in [-0.25, -0.2) is 4.39 Å². The topological polar surface area (TPSA) is 81.1 Å². The minimum absolute atomic E-state index is 0. The Morgan fingerprint density at radius 2 is 2.11 bits per heavy atom. The molecule has 1 unspecified atom stereocenters. The van der Waals surface area contributed by atoms with Crippen molar-refractivity contribution in [1.82, 2.24) is 20.1 Å². The van der Waals surface area contributed by atoms with Crippen molar-refractivity contribution < 1.29 is 13.9 Å². The molecule has 2 N–H and O–H groups in total. The molecule has 2 aromatic rings. The lowest BCUT2D eigenvalue weighted by atomic mass is 10.1. The molecular weight excluding hydrogens is 408 g/mol. The van der Waals surface area contributed by atoms with Crippen molar-refractivity contribution in [3.8, 4) is 11.4 Å². The summed E-state index contributed by atoms with van der Waals surface area (Å²) in [5.41, 5.74) is 0.890. The second-order valence-electron chi connectivity index (χ2n) is 6.67. The predicted octanol–water partition coefficient (Wildman–Crippen LogP) is 2.58. The normalized spacial score (nSPS) is 18.8. The number of benzene rings is 1. The van der Waals surface area contributed by atoms with Crippen LogP contribution in [0.1, 0.15) is 25.1 Å². The highest BCUT2D eigenvalue weighted by atomic mass is 35.5. The average Bonchev–Trinajstić information content (AvgIpc) is 2.92. The van der Waals surface area contributed by atoms with Crippen molar-refractivity contribution in [2.24, 2.45) is 0 Å². The quantitative estimate of drug-likeness (QED) is 0.780. The molecule has 0 spiro atoms. The van der Waals surface area contributed by atoms with E-state index in [1.165, 1.54) is 12.5 Å². The molecule has 2 aliphatic heterocycles. The van der Waals surface area contributed by atoms with Crippen LogP contribution in [-0.4, -0.2) is 46.5 Å². The van der Waals surface area contributed by atoms with Gasteiger partial charge in [0.25, 0.3) is 0 Å². The summed E-state index contributed by atoms with van der Waals surface area (Å²) in [6.45, 7) is 2.32. The number of aromatic nitrogens is 3. The van der Waals surface area contributed by atoms with E-state index in [9.17, 15) is 9.18 Å². The van der Waals surface area contributed by atoms with Crippen LogP contribution in [-0.2, 0) is 22.5 Å². The van der Waals surface area contributed by atoms with Crippen LogP contribution in [0.2, 0.25) is 0 Å². The van der Waals surface area contributed by atoms with E-state index < -0.39 is 11.9 Å². The number of carbonyl (C=O) groups excluding carboxylic acids is 1. The molecule has 0 bridgehead atoms. The third kappa shape index (κ3) is 4.81. The molecule has 154 valence electrons. The molecule has 3 heterocycles. The zero-order valence-corrected chi connectivity index (χ0v) is 17.0. The van der Waals surface area contributed by atoms with Gasteiger partial charge >= 0.3 is 0 Å². The Morgan fingerprint density at radius 3 is 2.89 bits per heavy atom. The number of nitrogens with zero attached hydrogens (tertiary/aromatic N) is 3. The number of ether oxygens (including phenoxy) is 1. The fourth-order valence-electron chi connectivity index (χ4n) is 3.41. The van der Waals surface area contributed by atoms with Crippen LogP contribution in [0.5, 0.6) is 0 Å². The molecule has 1 aromatic carbocycles. The van der Waals surface area contributed by atoms with Crippen molar-refractivity contribution in [1.29, 1.82) is 0 Å². The van der Waals surface area contributed by atoms with Gasteiger partial charge < -0.3 is 19.9 Å². The summed E-state index contributed by atoms with van der Waals surface area (Å²) in [5, 5.41) is 14.3. The third-order valence-corrected chi connectivity index (χ3v) is 4.83. The zero-order chi connectivity index (χ0) is 17.9. The van der Waals surface area contributed by atoms with Gasteiger partial charge in [-0.05, 0) is 31.0 Å². The number of hydrogen-bond donors (Lipinski definition) is 2. The minimum atomic E-state index is -0.477. The Hall–Kier alpha value is -1.74. The maximum atomic E-state index is 14.2. The van der Waals surface area contributed by atoms with E-state index in [0.717, 1.165) is 43.0 Å². The number of aryl methyl sites for hydroxylation is 1. The van der Waals surface area contributed by atoms with Crippen molar-refractivity contribution in [3.05, 3.63) is 29.8 Å². The van der Waals surface area contributed by atoms with Crippen LogP contribution in [0.15, 0.2) is 18.2 Å². The van der Waals surface area contributed by atoms with Gasteiger partial charge in [0.1, 0.15) is 17.7 Å². The number of rotatable bonds is 3. The number of amides is 1. The van der Waals surface area contributed by atoms with E-state index >= 15 is 0 Å². The van der Waals surface area contributed by atoms with Crippen LogP contribution < -0.4 is 10.6 Å². The molecule has 1 fully saturated rings. The molecule has 2 aliphatic rings. The van der Waals surface area contributed by atoms with Gasteiger partial charge in [-0.3, -0.25) is 4.79 Å². The standard InChI is InChI=1S/C18H22FN5O2.2ClH/c19-13-6-5-12(17-23-22-16-4-2-1-3-8-24(16)17)10-14(13)21-18(25)15-11-26-9-7-20-15;;/h5-6,10,15,20H,1-4,7-9,11H2,(H,21,25);2*1H. The Balaban J connectivity index is 0.00000140. The first kappa shape index (κ1) is 22.5. The lowest BCUT2D eigenvalue weighted by molar-refractivity contribution is -0.120. The number of carbonyl (C=O) groups is 1. The number of halogens is 3. The van der Waals surface area contributed by atoms with Gasteiger partial charge in [0.05, 0.1) is 18.9 Å². The van der Waals surface area contributed by atoms with Crippen LogP contribution >= 0.6 is 24.8 Å². The highest BCUT2D eigenvalue weighted by molar-refractivity contribution is 5.95. The molecule has 10 heteroatoms. The number of hydrogen-bond acceptors (Lipinski definition) is 5. The highest BCUT2D eigenvalue weighted by Gasteiger charge is 2.23. The monoisotopic (exact) mass is 431 g/mol. The first-order chi connectivity index (χ1) is 12.7. The van der Waals surface area contributed by atoms with E-state index in [0.29, 0.717) is 13.2 Å². The molecule has 7 nitrogen and oxygen atoms in total. The maximum absolute atomic E-state index is 14.2. The number of morpholine rings is 1. The molecule has 28 heavy (non-hydrogen) atoms. The number of anilines is 1. The van der Waals surface area contributed by atoms with E-state index in [1.54, 1.807) is 12.1 Å². The largest absolute Gasteiger partial charge is 0.378 e. The summed E-state index contributed by atoms with van der Waals surface area (Å²) < 4.78 is 21.6. The first-order valence-corrected chi connectivity index (χ1v) is 9.06. The molecule has 4 rings (SSSR count). The Bertz CT molecular complexity index is 811. The van der Waals surface area contributed by atoms with Crippen molar-refractivity contribution >= 4 is 36.4 Å². The lowest BCUT2D eigenvalue weighted by Gasteiger charge is -2.23. The fourth-order valence-corrected chi connectivity index (χ4v) is 3.41. The summed E-state index contributed by atoms with van der Waals surface area (Å²) in [6.07, 6.45) is 4.27. The van der Waals surface area contributed by atoms with E-state index in [4.69, 9.17) is 4.74 Å². The number of fused-ring (bicyclic) bond motifs is 1. The molecule has 0 saturated carbocycles. The summed E-state index contributed by atoms with van der Waals surface area (Å²) in [5.74, 6) is 0.905. The molecule has 1 saturated heterocycles. The molecule has 0 aliphatic carbocycles. The zero-order valence-electron chi connectivity index (χ0n) is 15.3. The van der Waals surface area contributed by atoms with Crippen molar-refractivity contribution in [2.75, 3.05) is 25.1 Å². The molecule has 1 amide bonds. The molecule has 0 radical (unpaired) electrons. The Kier molecular flexibility index (Phi) is 8.18. The van der Waals surface area contributed by atoms with Gasteiger partial charge in [0.15, 0.2) is 5.82 Å². The van der Waals surface area contributed by atoms with Crippen LogP contribution in [0.25, 0.3) is 11.4 Å². The van der Waals surface area contributed by atoms with Gasteiger partial charge in [-0.1, -0.05) is 6.42 Å². The summed E-state index contributed by atoms with van der Waals surface area (Å²) in [7, 11) is 0. The van der Waals surface area contributed by atoms with Crippen molar-refractivity contribution in [2.45, 2.75) is 38.3 Å². The fraction of sp³-hybridized carbons (Fsp3) is 0.500. The first-order valence-electron chi connectivity index (χ1n) is 9.06. The maximum Gasteiger partial charge on any atom is 0.243 e. The average molecular weight is 432 g/mol. The van der Waals surface area contributed by atoms with E-state index in [1.807, 2.05) is 0 Å². The van der Waals surface area contributed by atoms with Crippen LogP contribution in [0.4, 0.5) is 10.1 Å². The summed E-state index contributed by atoms with van der Waals surface area (Å²) in [4.78, 5) is 12.3. The summed E-state index contributed by atoms with van der Waals surface area (Å²) >= 11 is 0. The second kappa shape index (κ2) is 10.2. The minimum Gasteiger partial charge on any atom is -0.378 e. The van der Waals surface area contributed by atoms with E-state index in [2.05, 4.69) is 25.4 Å². The van der Waals surface area contributed by atoms with Gasteiger partial charge in [0.2, 0.25) is 5.91 Å². The summed E-state index contributed by atoms with van der Waals surface area (Å²) in [6, 6.07) is 4.18. The SMILES string of the molecule is Cl.Cl.O=C(Nc1cc(-c2nnc3n2CCCCC3)ccc1F)C1COCCN1. The van der Waals surface area contributed by atoms with Gasteiger partial charge in [0, 0.05) is 25.1 Å². The molecule has 1 atom stereocenters. The Labute approximate surface area is 175 Å². The smallest absolute Gasteiger partial charge is 0.243 e. The van der Waals surface area contributed by atoms with E-state index in [-0.39, 0.29) is 43.0 Å².